The Bertz CT molecular complexity index is 1160. The van der Waals surface area contributed by atoms with Crippen LogP contribution in [-0.4, -0.2) is 49.6 Å². The number of carboxylic acids is 1. The molecule has 1 unspecified atom stereocenters. The molecule has 162 valence electrons. The third-order valence-corrected chi connectivity index (χ3v) is 5.39. The summed E-state index contributed by atoms with van der Waals surface area (Å²) in [7, 11) is 0. The number of halogens is 4. The highest BCUT2D eigenvalue weighted by Crippen LogP contribution is 2.33. The van der Waals surface area contributed by atoms with Crippen molar-refractivity contribution >= 4 is 29.1 Å². The summed E-state index contributed by atoms with van der Waals surface area (Å²) in [5.74, 6) is -2.35. The number of carbonyl (C=O) groups is 2. The van der Waals surface area contributed by atoms with Crippen molar-refractivity contribution in [1.82, 2.24) is 19.5 Å². The predicted molar refractivity (Wildman–Crippen MR) is 105 cm³/mol. The first kappa shape index (κ1) is 21.1. The normalized spacial score (nSPS) is 17.2. The van der Waals surface area contributed by atoms with E-state index < -0.39 is 29.7 Å². The highest BCUT2D eigenvalue weighted by atomic mass is 35.5. The summed E-state index contributed by atoms with van der Waals surface area (Å²) in [5, 5.41) is 13.5. The van der Waals surface area contributed by atoms with E-state index in [2.05, 4.69) is 10.1 Å². The molecule has 7 nitrogen and oxygen atoms in total. The maximum Gasteiger partial charge on any atom is 0.433 e. The first-order valence-corrected chi connectivity index (χ1v) is 9.77. The van der Waals surface area contributed by atoms with Gasteiger partial charge in [-0.05, 0) is 31.0 Å². The standard InChI is InChI=1S/C20H16ClF3N4O3/c21-13-5-3-11(4-6-13)14-8-16(20(22,23)24)28-17(25-14)9-15(26-28)18(29)27-7-1-2-12(10-27)19(30)31/h3-6,8-9,12H,1-2,7,10H2,(H,30,31). The van der Waals surface area contributed by atoms with Crippen LogP contribution in [0.15, 0.2) is 36.4 Å². The van der Waals surface area contributed by atoms with Crippen molar-refractivity contribution in [2.75, 3.05) is 13.1 Å². The molecular weight excluding hydrogens is 437 g/mol. The number of carbonyl (C=O) groups excluding carboxylic acids is 1. The van der Waals surface area contributed by atoms with E-state index in [-0.39, 0.29) is 23.6 Å². The third-order valence-electron chi connectivity index (χ3n) is 5.13. The number of rotatable bonds is 3. The molecule has 1 aliphatic rings. The van der Waals surface area contributed by atoms with Crippen LogP contribution in [0.3, 0.4) is 0 Å². The molecule has 1 aliphatic heterocycles. The fourth-order valence-corrected chi connectivity index (χ4v) is 3.70. The molecule has 0 spiro atoms. The molecule has 3 heterocycles. The summed E-state index contributed by atoms with van der Waals surface area (Å²) >= 11 is 5.85. The molecule has 0 aliphatic carbocycles. The molecule has 0 saturated carbocycles. The van der Waals surface area contributed by atoms with Gasteiger partial charge >= 0.3 is 12.1 Å². The Morgan fingerprint density at radius 1 is 1.16 bits per heavy atom. The number of carboxylic acid groups (broad SMARTS) is 1. The molecule has 0 radical (unpaired) electrons. The van der Waals surface area contributed by atoms with Crippen molar-refractivity contribution in [3.05, 3.63) is 52.8 Å². The summed E-state index contributed by atoms with van der Waals surface area (Å²) in [6.07, 6.45) is -3.81. The van der Waals surface area contributed by atoms with Gasteiger partial charge in [-0.25, -0.2) is 9.50 Å². The van der Waals surface area contributed by atoms with Crippen LogP contribution in [0.2, 0.25) is 5.02 Å². The largest absolute Gasteiger partial charge is 0.481 e. The number of hydrogen-bond donors (Lipinski definition) is 1. The van der Waals surface area contributed by atoms with E-state index in [9.17, 15) is 27.9 Å². The molecule has 1 atom stereocenters. The Kier molecular flexibility index (Phi) is 5.34. The van der Waals surface area contributed by atoms with Crippen LogP contribution in [0, 0.1) is 5.92 Å². The zero-order valence-corrected chi connectivity index (χ0v) is 16.7. The highest BCUT2D eigenvalue weighted by Gasteiger charge is 2.36. The molecule has 3 aromatic rings. The lowest BCUT2D eigenvalue weighted by Crippen LogP contribution is -2.42. The van der Waals surface area contributed by atoms with Gasteiger partial charge in [-0.15, -0.1) is 0 Å². The lowest BCUT2D eigenvalue weighted by molar-refractivity contribution is -0.143. The number of nitrogens with zero attached hydrogens (tertiary/aromatic N) is 4. The minimum atomic E-state index is -4.74. The van der Waals surface area contributed by atoms with Crippen LogP contribution in [0.5, 0.6) is 0 Å². The second-order valence-corrected chi connectivity index (χ2v) is 7.70. The van der Waals surface area contributed by atoms with E-state index in [4.69, 9.17) is 11.6 Å². The number of likely N-dealkylation sites (tertiary alicyclic amines) is 1. The first-order valence-electron chi connectivity index (χ1n) is 9.39. The molecule has 0 bridgehead atoms. The number of alkyl halides is 3. The number of amides is 1. The number of piperidine rings is 1. The van der Waals surface area contributed by atoms with E-state index >= 15 is 0 Å². The van der Waals surface area contributed by atoms with Gasteiger partial charge in [-0.1, -0.05) is 23.7 Å². The monoisotopic (exact) mass is 452 g/mol. The van der Waals surface area contributed by atoms with E-state index in [1.165, 1.54) is 23.1 Å². The summed E-state index contributed by atoms with van der Waals surface area (Å²) in [6, 6.07) is 8.21. The van der Waals surface area contributed by atoms with Crippen molar-refractivity contribution < 1.29 is 27.9 Å². The van der Waals surface area contributed by atoms with E-state index in [1.807, 2.05) is 0 Å². The Labute approximate surface area is 179 Å². The van der Waals surface area contributed by atoms with Crippen LogP contribution in [-0.2, 0) is 11.0 Å². The van der Waals surface area contributed by atoms with Crippen molar-refractivity contribution in [2.45, 2.75) is 19.0 Å². The molecular formula is C20H16ClF3N4O3. The Hall–Kier alpha value is -3.14. The zero-order valence-electron chi connectivity index (χ0n) is 15.9. The lowest BCUT2D eigenvalue weighted by atomic mass is 9.98. The van der Waals surface area contributed by atoms with Gasteiger partial charge < -0.3 is 10.0 Å². The maximum atomic E-state index is 13.7. The second kappa shape index (κ2) is 7.84. The topological polar surface area (TPSA) is 87.8 Å². The van der Waals surface area contributed by atoms with Crippen LogP contribution in [0.25, 0.3) is 16.9 Å². The fourth-order valence-electron chi connectivity index (χ4n) is 3.57. The number of fused-ring (bicyclic) bond motifs is 1. The Morgan fingerprint density at radius 2 is 1.87 bits per heavy atom. The SMILES string of the molecule is O=C(O)C1CCCN(C(=O)c2cc3nc(-c4ccc(Cl)cc4)cc(C(F)(F)F)n3n2)C1. The molecule has 11 heteroatoms. The summed E-state index contributed by atoms with van der Waals surface area (Å²) < 4.78 is 41.7. The molecule has 1 aromatic carbocycles. The zero-order chi connectivity index (χ0) is 22.3. The molecule has 1 amide bonds. The molecule has 2 aromatic heterocycles. The fraction of sp³-hybridized carbons (Fsp3) is 0.300. The third kappa shape index (κ3) is 4.20. The van der Waals surface area contributed by atoms with Gasteiger partial charge in [0.2, 0.25) is 0 Å². The summed E-state index contributed by atoms with van der Waals surface area (Å²) in [5.41, 5.74) is -0.970. The summed E-state index contributed by atoms with van der Waals surface area (Å²) in [6.45, 7) is 0.295. The van der Waals surface area contributed by atoms with Crippen LogP contribution in [0.4, 0.5) is 13.2 Å². The Balaban J connectivity index is 1.76. The van der Waals surface area contributed by atoms with Gasteiger partial charge in [0.25, 0.3) is 5.91 Å². The van der Waals surface area contributed by atoms with Crippen LogP contribution in [0.1, 0.15) is 29.0 Å². The average Bonchev–Trinajstić information content (AvgIpc) is 3.16. The van der Waals surface area contributed by atoms with Crippen molar-refractivity contribution in [3.63, 3.8) is 0 Å². The number of hydrogen-bond acceptors (Lipinski definition) is 4. The van der Waals surface area contributed by atoms with E-state index in [1.54, 1.807) is 12.1 Å². The van der Waals surface area contributed by atoms with Gasteiger partial charge in [0.05, 0.1) is 11.6 Å². The van der Waals surface area contributed by atoms with Crippen LogP contribution >= 0.6 is 11.6 Å². The van der Waals surface area contributed by atoms with E-state index in [0.717, 1.165) is 6.07 Å². The van der Waals surface area contributed by atoms with Gasteiger partial charge in [-0.2, -0.15) is 18.3 Å². The quantitative estimate of drug-likeness (QED) is 0.649. The smallest absolute Gasteiger partial charge is 0.433 e. The van der Waals surface area contributed by atoms with Gasteiger partial charge in [-0.3, -0.25) is 9.59 Å². The predicted octanol–water partition coefficient (Wildman–Crippen LogP) is 4.01. The first-order chi connectivity index (χ1) is 14.6. The lowest BCUT2D eigenvalue weighted by Gasteiger charge is -2.30. The van der Waals surface area contributed by atoms with Gasteiger partial charge in [0, 0.05) is 29.7 Å². The second-order valence-electron chi connectivity index (χ2n) is 7.26. The average molecular weight is 453 g/mol. The number of benzene rings is 1. The maximum absolute atomic E-state index is 13.7. The molecule has 31 heavy (non-hydrogen) atoms. The molecule has 4 rings (SSSR count). The minimum absolute atomic E-state index is 0.0163. The molecule has 1 fully saturated rings. The number of aliphatic carboxylic acids is 1. The number of aromatic nitrogens is 3. The minimum Gasteiger partial charge on any atom is -0.481 e. The highest BCUT2D eigenvalue weighted by molar-refractivity contribution is 6.30. The van der Waals surface area contributed by atoms with Gasteiger partial charge in [0.1, 0.15) is 0 Å². The Morgan fingerprint density at radius 3 is 2.52 bits per heavy atom. The van der Waals surface area contributed by atoms with Crippen molar-refractivity contribution in [3.8, 4) is 11.3 Å². The molecule has 1 saturated heterocycles. The van der Waals surface area contributed by atoms with Crippen LogP contribution < -0.4 is 0 Å². The van der Waals surface area contributed by atoms with E-state index in [0.29, 0.717) is 34.5 Å². The van der Waals surface area contributed by atoms with Crippen molar-refractivity contribution in [2.24, 2.45) is 5.92 Å². The van der Waals surface area contributed by atoms with Crippen molar-refractivity contribution in [1.29, 1.82) is 0 Å². The van der Waals surface area contributed by atoms with Gasteiger partial charge in [0.15, 0.2) is 17.0 Å². The molecule has 1 N–H and O–H groups in total. The summed E-state index contributed by atoms with van der Waals surface area (Å²) in [4.78, 5) is 29.6.